The minimum absolute atomic E-state index is 0.156. The minimum Gasteiger partial charge on any atom is -0.314 e. The van der Waals surface area contributed by atoms with Gasteiger partial charge in [0.05, 0.1) is 21.9 Å². The van der Waals surface area contributed by atoms with Crippen molar-refractivity contribution >= 4 is 34.0 Å². The highest BCUT2D eigenvalue weighted by atomic mass is 35.5. The van der Waals surface area contributed by atoms with Gasteiger partial charge in [0.25, 0.3) is 0 Å². The first-order chi connectivity index (χ1) is 9.91. The van der Waals surface area contributed by atoms with Crippen molar-refractivity contribution in [2.45, 2.75) is 38.6 Å². The second-order valence-electron chi connectivity index (χ2n) is 5.81. The molecule has 0 spiro atoms. The molecule has 0 aliphatic heterocycles. The number of hydrogen-bond donors (Lipinski definition) is 0. The third-order valence-corrected chi connectivity index (χ3v) is 4.99. The molecule has 0 radical (unpaired) electrons. The number of rotatable bonds is 3. The van der Waals surface area contributed by atoms with Crippen molar-refractivity contribution in [3.05, 3.63) is 46.2 Å². The zero-order chi connectivity index (χ0) is 15.2. The number of aromatic nitrogens is 3. The molecule has 110 valence electrons. The summed E-state index contributed by atoms with van der Waals surface area (Å²) in [7, 11) is 0. The molecular weight excluding hydrogens is 302 g/mol. The first-order valence-electron chi connectivity index (χ1n) is 6.95. The van der Waals surface area contributed by atoms with Crippen LogP contribution in [0.2, 0.25) is 0 Å². The second-order valence-corrected chi connectivity index (χ2v) is 7.36. The second kappa shape index (κ2) is 5.11. The van der Waals surface area contributed by atoms with Crippen molar-refractivity contribution in [1.29, 1.82) is 0 Å². The highest BCUT2D eigenvalue weighted by Gasteiger charge is 2.31. The number of aryl methyl sites for hydroxylation is 1. The Labute approximate surface area is 133 Å². The Morgan fingerprint density at radius 1 is 1.33 bits per heavy atom. The topological polar surface area (TPSA) is 30.7 Å². The van der Waals surface area contributed by atoms with Crippen LogP contribution in [0.15, 0.2) is 29.8 Å². The minimum atomic E-state index is -0.283. The number of thiazole rings is 1. The Morgan fingerprint density at radius 2 is 2.10 bits per heavy atom. The lowest BCUT2D eigenvalue weighted by atomic mass is 10.1. The van der Waals surface area contributed by atoms with Gasteiger partial charge >= 0.3 is 0 Å². The molecule has 0 amide bonds. The molecule has 5 heteroatoms. The largest absolute Gasteiger partial charge is 0.314 e. The zero-order valence-electron chi connectivity index (χ0n) is 12.6. The van der Waals surface area contributed by atoms with Gasteiger partial charge in [-0.1, -0.05) is 6.07 Å². The summed E-state index contributed by atoms with van der Waals surface area (Å²) >= 11 is 8.05. The van der Waals surface area contributed by atoms with Crippen LogP contribution in [0.25, 0.3) is 11.0 Å². The highest BCUT2D eigenvalue weighted by molar-refractivity contribution is 7.09. The molecule has 1 atom stereocenters. The Morgan fingerprint density at radius 3 is 2.71 bits per heavy atom. The third kappa shape index (κ3) is 2.36. The van der Waals surface area contributed by atoms with E-state index in [1.54, 1.807) is 11.3 Å². The molecule has 2 aromatic heterocycles. The van der Waals surface area contributed by atoms with Crippen molar-refractivity contribution in [3.63, 3.8) is 0 Å². The summed E-state index contributed by atoms with van der Waals surface area (Å²) in [5.41, 5.74) is 3.02. The van der Waals surface area contributed by atoms with Gasteiger partial charge in [0.15, 0.2) is 0 Å². The van der Waals surface area contributed by atoms with Crippen LogP contribution in [-0.4, -0.2) is 14.5 Å². The van der Waals surface area contributed by atoms with Gasteiger partial charge in [0.2, 0.25) is 0 Å². The van der Waals surface area contributed by atoms with E-state index in [4.69, 9.17) is 16.6 Å². The van der Waals surface area contributed by atoms with Crippen molar-refractivity contribution < 1.29 is 0 Å². The van der Waals surface area contributed by atoms with Gasteiger partial charge in [-0.05, 0) is 45.4 Å². The van der Waals surface area contributed by atoms with E-state index >= 15 is 0 Å². The molecule has 1 unspecified atom stereocenters. The summed E-state index contributed by atoms with van der Waals surface area (Å²) < 4.78 is 2.23. The lowest BCUT2D eigenvalue weighted by molar-refractivity contribution is 0.429. The van der Waals surface area contributed by atoms with E-state index in [-0.39, 0.29) is 10.9 Å². The number of halogens is 1. The number of alkyl halides is 1. The van der Waals surface area contributed by atoms with Gasteiger partial charge in [-0.25, -0.2) is 9.97 Å². The molecule has 3 aromatic rings. The molecule has 0 fully saturated rings. The van der Waals surface area contributed by atoms with Crippen LogP contribution in [0.5, 0.6) is 0 Å². The van der Waals surface area contributed by atoms with Crippen LogP contribution in [0.3, 0.4) is 0 Å². The fourth-order valence-electron chi connectivity index (χ4n) is 2.68. The fraction of sp³-hybridized carbons (Fsp3) is 0.375. The Bertz CT molecular complexity index is 772. The van der Waals surface area contributed by atoms with Crippen LogP contribution < -0.4 is 0 Å². The first kappa shape index (κ1) is 14.5. The number of imidazole rings is 1. The van der Waals surface area contributed by atoms with Gasteiger partial charge in [0.1, 0.15) is 10.8 Å². The monoisotopic (exact) mass is 319 g/mol. The number of fused-ring (bicyclic) bond motifs is 1. The number of nitrogens with zero attached hydrogens (tertiary/aromatic N) is 3. The lowest BCUT2D eigenvalue weighted by Crippen LogP contribution is -2.29. The van der Waals surface area contributed by atoms with Crippen molar-refractivity contribution in [2.75, 3.05) is 0 Å². The normalized spacial score (nSPS) is 13.8. The van der Waals surface area contributed by atoms with Gasteiger partial charge < -0.3 is 4.57 Å². The molecule has 0 saturated carbocycles. The maximum absolute atomic E-state index is 6.39. The van der Waals surface area contributed by atoms with E-state index in [1.807, 2.05) is 18.5 Å². The SMILES string of the molecule is Cc1ccc2nc(C(C)Cl)n(C(C)(C)c3nccs3)c2c1. The maximum atomic E-state index is 6.39. The lowest BCUT2D eigenvalue weighted by Gasteiger charge is -2.28. The van der Waals surface area contributed by atoms with Crippen LogP contribution in [0, 0.1) is 6.92 Å². The summed E-state index contributed by atoms with van der Waals surface area (Å²) in [5.74, 6) is 0.887. The molecule has 2 heterocycles. The first-order valence-corrected chi connectivity index (χ1v) is 8.26. The van der Waals surface area contributed by atoms with Crippen LogP contribution in [-0.2, 0) is 5.54 Å². The van der Waals surface area contributed by atoms with Crippen LogP contribution >= 0.6 is 22.9 Å². The zero-order valence-corrected chi connectivity index (χ0v) is 14.2. The molecule has 0 aliphatic carbocycles. The number of benzene rings is 1. The van der Waals surface area contributed by atoms with Gasteiger partial charge in [-0.15, -0.1) is 22.9 Å². The van der Waals surface area contributed by atoms with E-state index in [1.165, 1.54) is 5.56 Å². The number of hydrogen-bond acceptors (Lipinski definition) is 3. The standard InChI is InChI=1S/C16H18ClN3S/c1-10-5-6-12-13(9-10)20(14(19-12)11(2)17)16(3,4)15-18-7-8-21-15/h5-9,11H,1-4H3. The summed E-state index contributed by atoms with van der Waals surface area (Å²) in [6.45, 7) is 8.39. The predicted molar refractivity (Wildman–Crippen MR) is 89.3 cm³/mol. The maximum Gasteiger partial charge on any atom is 0.128 e. The quantitative estimate of drug-likeness (QED) is 0.644. The van der Waals surface area contributed by atoms with Crippen LogP contribution in [0.1, 0.15) is 42.5 Å². The van der Waals surface area contributed by atoms with Gasteiger partial charge in [0, 0.05) is 11.6 Å². The van der Waals surface area contributed by atoms with Gasteiger partial charge in [-0.3, -0.25) is 0 Å². The molecule has 0 bridgehead atoms. The van der Waals surface area contributed by atoms with E-state index < -0.39 is 0 Å². The molecule has 1 aromatic carbocycles. The van der Waals surface area contributed by atoms with E-state index in [9.17, 15) is 0 Å². The van der Waals surface area contributed by atoms with Gasteiger partial charge in [-0.2, -0.15) is 0 Å². The molecule has 3 rings (SSSR count). The Balaban J connectivity index is 2.34. The average molecular weight is 320 g/mol. The molecule has 3 nitrogen and oxygen atoms in total. The van der Waals surface area contributed by atoms with Crippen molar-refractivity contribution in [2.24, 2.45) is 0 Å². The Kier molecular flexibility index (Phi) is 3.54. The third-order valence-electron chi connectivity index (χ3n) is 3.71. The van der Waals surface area contributed by atoms with E-state index in [2.05, 4.69) is 48.5 Å². The smallest absolute Gasteiger partial charge is 0.128 e. The molecule has 21 heavy (non-hydrogen) atoms. The summed E-state index contributed by atoms with van der Waals surface area (Å²) in [6, 6.07) is 6.31. The fourth-order valence-corrected chi connectivity index (χ4v) is 3.58. The average Bonchev–Trinajstić information content (AvgIpc) is 3.05. The Hall–Kier alpha value is -1.39. The molecular formula is C16H18ClN3S. The molecule has 0 N–H and O–H groups in total. The summed E-state index contributed by atoms with van der Waals surface area (Å²) in [4.78, 5) is 9.24. The summed E-state index contributed by atoms with van der Waals surface area (Å²) in [5, 5.41) is 2.91. The van der Waals surface area contributed by atoms with E-state index in [0.29, 0.717) is 0 Å². The van der Waals surface area contributed by atoms with Crippen molar-refractivity contribution in [3.8, 4) is 0 Å². The van der Waals surface area contributed by atoms with E-state index in [0.717, 1.165) is 21.9 Å². The molecule has 0 aliphatic rings. The van der Waals surface area contributed by atoms with Crippen molar-refractivity contribution in [1.82, 2.24) is 14.5 Å². The van der Waals surface area contributed by atoms with Crippen LogP contribution in [0.4, 0.5) is 0 Å². The predicted octanol–water partition coefficient (Wildman–Crippen LogP) is 4.88. The molecule has 0 saturated heterocycles. The summed E-state index contributed by atoms with van der Waals surface area (Å²) in [6.07, 6.45) is 1.84. The highest BCUT2D eigenvalue weighted by Crippen LogP contribution is 2.35.